The zero-order valence-electron chi connectivity index (χ0n) is 39.3. The first-order valence-electron chi connectivity index (χ1n) is 25.0. The zero-order valence-corrected chi connectivity index (χ0v) is 40.1. The summed E-state index contributed by atoms with van der Waals surface area (Å²) in [6.07, 6.45) is 43.1. The molecule has 344 valence electrons. The number of rotatable bonds is 47. The van der Waals surface area contributed by atoms with Crippen LogP contribution in [-0.4, -0.2) is 80.8 Å². The third-order valence-corrected chi connectivity index (χ3v) is 12.7. The van der Waals surface area contributed by atoms with E-state index in [2.05, 4.69) is 45.1 Å². The van der Waals surface area contributed by atoms with E-state index in [0.29, 0.717) is 6.61 Å². The van der Waals surface area contributed by atoms with Crippen LogP contribution in [0.15, 0.2) is 0 Å². The molecule has 0 aromatic carbocycles. The van der Waals surface area contributed by atoms with Gasteiger partial charge in [-0.25, -0.2) is 0 Å². The number of aliphatic hydroxyl groups excluding tert-OH is 1. The van der Waals surface area contributed by atoms with E-state index in [-0.39, 0.29) is 24.8 Å². The highest BCUT2D eigenvalue weighted by atomic mass is 32.3. The van der Waals surface area contributed by atoms with Crippen molar-refractivity contribution in [1.29, 1.82) is 0 Å². The molecule has 0 aliphatic rings. The Bertz CT molecular complexity index is 817. The minimum atomic E-state index is -1.62. The van der Waals surface area contributed by atoms with E-state index in [4.69, 9.17) is 17.8 Å². The van der Waals surface area contributed by atoms with E-state index in [1.165, 1.54) is 135 Å². The zero-order chi connectivity index (χ0) is 41.9. The molecule has 57 heavy (non-hydrogen) atoms. The average Bonchev–Trinajstić information content (AvgIpc) is 3.19. The monoisotopic (exact) mass is 832 g/mol. The summed E-state index contributed by atoms with van der Waals surface area (Å²) in [5.41, 5.74) is 0. The maximum atomic E-state index is 13.0. The summed E-state index contributed by atoms with van der Waals surface area (Å²) < 4.78 is 25.0. The SMILES string of the molecule is CCCCCCCCC(CCCCCC)C(=O)OCCCCCCN(CCCCO)CCCCCCOS(C)(C)OC(CCCCCCC)OCCCCCCC. The molecule has 0 spiro atoms. The minimum Gasteiger partial charge on any atom is -0.465 e. The van der Waals surface area contributed by atoms with Gasteiger partial charge in [0.25, 0.3) is 0 Å². The first-order valence-corrected chi connectivity index (χ1v) is 27.3. The first kappa shape index (κ1) is 56.6. The normalized spacial score (nSPS) is 13.4. The average molecular weight is 832 g/mol. The Morgan fingerprint density at radius 1 is 0.491 bits per heavy atom. The van der Waals surface area contributed by atoms with Crippen LogP contribution in [0.25, 0.3) is 0 Å². The Morgan fingerprint density at radius 2 is 0.895 bits per heavy atom. The van der Waals surface area contributed by atoms with Gasteiger partial charge in [-0.05, 0) is 83.8 Å². The van der Waals surface area contributed by atoms with Crippen molar-refractivity contribution in [3.8, 4) is 0 Å². The molecular weight excluding hydrogens is 731 g/mol. The lowest BCUT2D eigenvalue weighted by Crippen LogP contribution is -2.27. The molecular formula is C49H101NO6S. The van der Waals surface area contributed by atoms with Crippen LogP contribution < -0.4 is 0 Å². The van der Waals surface area contributed by atoms with Gasteiger partial charge >= 0.3 is 5.97 Å². The molecule has 0 bridgehead atoms. The molecule has 1 N–H and O–H groups in total. The Kier molecular flexibility index (Phi) is 43.4. The van der Waals surface area contributed by atoms with Crippen molar-refractivity contribution >= 4 is 16.6 Å². The van der Waals surface area contributed by atoms with Gasteiger partial charge < -0.3 is 19.5 Å². The standard InChI is InChI=1S/C49H101NO6S/c1-7-11-15-19-21-28-38-47(37-27-18-14-10-4)49(52)54-45-35-25-22-30-40-50(42-32-33-43-51)41-31-23-26-36-46-55-57(5,6)56-48(39-29-20-16-12-8-2)53-44-34-24-17-13-9-3/h47-48,51H,7-46H2,1-6H3. The van der Waals surface area contributed by atoms with Crippen molar-refractivity contribution in [3.05, 3.63) is 0 Å². The lowest BCUT2D eigenvalue weighted by Gasteiger charge is -2.38. The van der Waals surface area contributed by atoms with Crippen LogP contribution in [0.4, 0.5) is 0 Å². The molecule has 0 rings (SSSR count). The highest BCUT2D eigenvalue weighted by Crippen LogP contribution is 2.44. The van der Waals surface area contributed by atoms with Crippen LogP contribution in [-0.2, 0) is 22.6 Å². The van der Waals surface area contributed by atoms with Gasteiger partial charge in [-0.2, -0.15) is 10.6 Å². The fourth-order valence-electron chi connectivity index (χ4n) is 7.56. The van der Waals surface area contributed by atoms with Crippen LogP contribution in [0, 0.1) is 5.92 Å². The molecule has 2 atom stereocenters. The van der Waals surface area contributed by atoms with Gasteiger partial charge in [-0.3, -0.25) is 13.2 Å². The van der Waals surface area contributed by atoms with Gasteiger partial charge in [0.2, 0.25) is 0 Å². The largest absolute Gasteiger partial charge is 0.465 e. The van der Waals surface area contributed by atoms with E-state index >= 15 is 0 Å². The second kappa shape index (κ2) is 43.7. The van der Waals surface area contributed by atoms with Gasteiger partial charge in [0, 0.05) is 32.1 Å². The van der Waals surface area contributed by atoms with Crippen molar-refractivity contribution < 1.29 is 27.7 Å². The van der Waals surface area contributed by atoms with Crippen LogP contribution in [0.5, 0.6) is 0 Å². The molecule has 8 heteroatoms. The van der Waals surface area contributed by atoms with Crippen LogP contribution >= 0.6 is 10.6 Å². The highest BCUT2D eigenvalue weighted by Gasteiger charge is 2.20. The quantitative estimate of drug-likeness (QED) is 0.0372. The lowest BCUT2D eigenvalue weighted by molar-refractivity contribution is -0.149. The van der Waals surface area contributed by atoms with E-state index in [0.717, 1.165) is 110 Å². The molecule has 0 aliphatic carbocycles. The molecule has 0 fully saturated rings. The summed E-state index contributed by atoms with van der Waals surface area (Å²) >= 11 is 0. The Labute approximate surface area is 358 Å². The van der Waals surface area contributed by atoms with Crippen molar-refractivity contribution in [2.45, 2.75) is 246 Å². The van der Waals surface area contributed by atoms with Gasteiger partial charge in [-0.15, -0.1) is 0 Å². The molecule has 0 aliphatic heterocycles. The second-order valence-corrected chi connectivity index (χ2v) is 20.1. The van der Waals surface area contributed by atoms with E-state index in [9.17, 15) is 9.90 Å². The number of esters is 1. The summed E-state index contributed by atoms with van der Waals surface area (Å²) in [6, 6.07) is 0. The van der Waals surface area contributed by atoms with E-state index in [1.807, 2.05) is 0 Å². The third-order valence-electron chi connectivity index (χ3n) is 11.3. The molecule has 0 heterocycles. The van der Waals surface area contributed by atoms with Gasteiger partial charge in [-0.1, -0.05) is 169 Å². The van der Waals surface area contributed by atoms with Crippen molar-refractivity contribution in [1.82, 2.24) is 4.90 Å². The Morgan fingerprint density at radius 3 is 1.42 bits per heavy atom. The fourth-order valence-corrected chi connectivity index (χ4v) is 8.81. The number of carbonyl (C=O) groups excluding carboxylic acids is 1. The number of carbonyl (C=O) groups is 1. The Balaban J connectivity index is 4.43. The molecule has 0 radical (unpaired) electrons. The maximum Gasteiger partial charge on any atom is 0.308 e. The number of hydrogen-bond donors (Lipinski definition) is 1. The van der Waals surface area contributed by atoms with Crippen molar-refractivity contribution in [2.75, 3.05) is 58.6 Å². The van der Waals surface area contributed by atoms with Gasteiger partial charge in [0.1, 0.15) is 0 Å². The van der Waals surface area contributed by atoms with Crippen LogP contribution in [0.2, 0.25) is 0 Å². The predicted octanol–water partition coefficient (Wildman–Crippen LogP) is 14.7. The predicted molar refractivity (Wildman–Crippen MR) is 249 cm³/mol. The summed E-state index contributed by atoms with van der Waals surface area (Å²) in [4.78, 5) is 15.6. The molecule has 0 aromatic heterocycles. The number of hydrogen-bond acceptors (Lipinski definition) is 7. The number of ether oxygens (including phenoxy) is 2. The van der Waals surface area contributed by atoms with E-state index in [1.54, 1.807) is 0 Å². The smallest absolute Gasteiger partial charge is 0.308 e. The topological polar surface area (TPSA) is 77.5 Å². The highest BCUT2D eigenvalue weighted by molar-refractivity contribution is 8.24. The summed E-state index contributed by atoms with van der Waals surface area (Å²) in [7, 11) is -1.62. The fraction of sp³-hybridized carbons (Fsp3) is 0.980. The number of unbranched alkanes of at least 4 members (excludes halogenated alkanes) is 23. The number of nitrogens with zero attached hydrogens (tertiary/aromatic N) is 1. The molecule has 2 unspecified atom stereocenters. The lowest BCUT2D eigenvalue weighted by atomic mass is 9.94. The van der Waals surface area contributed by atoms with Crippen LogP contribution in [0.3, 0.4) is 0 Å². The summed E-state index contributed by atoms with van der Waals surface area (Å²) in [5.74, 6) is 0.155. The second-order valence-electron chi connectivity index (χ2n) is 17.3. The molecule has 0 saturated carbocycles. The first-order chi connectivity index (χ1) is 27.8. The molecule has 0 saturated heterocycles. The van der Waals surface area contributed by atoms with E-state index < -0.39 is 10.6 Å². The van der Waals surface area contributed by atoms with Crippen molar-refractivity contribution in [3.63, 3.8) is 0 Å². The van der Waals surface area contributed by atoms with Crippen LogP contribution in [0.1, 0.15) is 240 Å². The molecule has 0 amide bonds. The maximum absolute atomic E-state index is 13.0. The molecule has 7 nitrogen and oxygen atoms in total. The van der Waals surface area contributed by atoms with Crippen molar-refractivity contribution in [2.24, 2.45) is 5.92 Å². The van der Waals surface area contributed by atoms with Gasteiger partial charge in [0.15, 0.2) is 6.29 Å². The van der Waals surface area contributed by atoms with Gasteiger partial charge in [0.05, 0.1) is 19.1 Å². The summed E-state index contributed by atoms with van der Waals surface area (Å²) in [5, 5.41) is 9.36. The summed E-state index contributed by atoms with van der Waals surface area (Å²) in [6.45, 7) is 14.7. The minimum absolute atomic E-state index is 0.0607. The third kappa shape index (κ3) is 39.5. The number of aliphatic hydroxyl groups is 1. The molecule has 0 aromatic rings. The Hall–Kier alpha value is -0.380.